The van der Waals surface area contributed by atoms with E-state index in [9.17, 15) is 4.79 Å². The highest BCUT2D eigenvalue weighted by molar-refractivity contribution is 5.73. The van der Waals surface area contributed by atoms with E-state index in [1.807, 2.05) is 38.4 Å². The number of urea groups is 1. The Morgan fingerprint density at radius 1 is 1.27 bits per heavy atom. The number of hydrogen-bond acceptors (Lipinski definition) is 4. The third kappa shape index (κ3) is 5.54. The van der Waals surface area contributed by atoms with Gasteiger partial charge >= 0.3 is 6.03 Å². The van der Waals surface area contributed by atoms with Gasteiger partial charge in [0.15, 0.2) is 0 Å². The minimum absolute atomic E-state index is 0.0786. The van der Waals surface area contributed by atoms with Crippen molar-refractivity contribution in [1.29, 1.82) is 0 Å². The van der Waals surface area contributed by atoms with Gasteiger partial charge in [0, 0.05) is 27.2 Å². The Bertz CT molecular complexity index is 466. The standard InChI is InChI=1S/C16H27N3O3/c1-18(2)15(13-7-6-8-14(11-13)22-5)12-17-16(20)19(3)9-10-21-4/h6-8,11,15H,9-10,12H2,1-5H3,(H,17,20). The zero-order valence-electron chi connectivity index (χ0n) is 14.1. The number of likely N-dealkylation sites (N-methyl/N-ethyl adjacent to an activating group) is 2. The normalized spacial score (nSPS) is 12.1. The van der Waals surface area contributed by atoms with Gasteiger partial charge in [-0.3, -0.25) is 0 Å². The van der Waals surface area contributed by atoms with Crippen molar-refractivity contribution in [3.05, 3.63) is 29.8 Å². The molecule has 1 N–H and O–H groups in total. The second kappa shape index (κ2) is 9.27. The summed E-state index contributed by atoms with van der Waals surface area (Å²) in [6, 6.07) is 7.87. The molecule has 1 aromatic carbocycles. The molecule has 0 spiro atoms. The van der Waals surface area contributed by atoms with Gasteiger partial charge in [0.05, 0.1) is 19.8 Å². The van der Waals surface area contributed by atoms with Crippen LogP contribution >= 0.6 is 0 Å². The number of hydrogen-bond donors (Lipinski definition) is 1. The molecule has 0 heterocycles. The number of carbonyl (C=O) groups is 1. The molecule has 0 saturated heterocycles. The van der Waals surface area contributed by atoms with Gasteiger partial charge in [-0.2, -0.15) is 0 Å². The fraction of sp³-hybridized carbons (Fsp3) is 0.562. The van der Waals surface area contributed by atoms with E-state index in [0.717, 1.165) is 11.3 Å². The van der Waals surface area contributed by atoms with Crippen molar-refractivity contribution in [3.63, 3.8) is 0 Å². The van der Waals surface area contributed by atoms with Crippen molar-refractivity contribution in [2.24, 2.45) is 0 Å². The molecule has 1 unspecified atom stereocenters. The number of methoxy groups -OCH3 is 2. The molecule has 1 atom stereocenters. The Morgan fingerprint density at radius 3 is 2.59 bits per heavy atom. The van der Waals surface area contributed by atoms with Crippen LogP contribution in [-0.2, 0) is 4.74 Å². The molecule has 0 radical (unpaired) electrons. The highest BCUT2D eigenvalue weighted by Crippen LogP contribution is 2.22. The maximum absolute atomic E-state index is 12.0. The Kier molecular flexibility index (Phi) is 7.70. The summed E-state index contributed by atoms with van der Waals surface area (Å²) in [7, 11) is 9.01. The first kappa shape index (κ1) is 18.3. The van der Waals surface area contributed by atoms with Crippen LogP contribution in [0.1, 0.15) is 11.6 Å². The molecule has 0 aliphatic rings. The van der Waals surface area contributed by atoms with E-state index in [2.05, 4.69) is 10.2 Å². The third-order valence-electron chi connectivity index (χ3n) is 3.53. The first-order valence-electron chi connectivity index (χ1n) is 7.27. The summed E-state index contributed by atoms with van der Waals surface area (Å²) in [4.78, 5) is 15.7. The number of amides is 2. The van der Waals surface area contributed by atoms with Crippen molar-refractivity contribution < 1.29 is 14.3 Å². The molecule has 1 aromatic rings. The number of benzene rings is 1. The predicted molar refractivity (Wildman–Crippen MR) is 87.3 cm³/mol. The number of rotatable bonds is 8. The van der Waals surface area contributed by atoms with Crippen LogP contribution in [0.2, 0.25) is 0 Å². The molecule has 2 amide bonds. The fourth-order valence-electron chi connectivity index (χ4n) is 2.10. The molecule has 0 bridgehead atoms. The molecule has 0 saturated carbocycles. The summed E-state index contributed by atoms with van der Waals surface area (Å²) < 4.78 is 10.2. The smallest absolute Gasteiger partial charge is 0.317 e. The number of carbonyl (C=O) groups excluding carboxylic acids is 1. The second-order valence-corrected chi connectivity index (χ2v) is 5.36. The van der Waals surface area contributed by atoms with Gasteiger partial charge in [0.25, 0.3) is 0 Å². The van der Waals surface area contributed by atoms with Crippen molar-refractivity contribution in [1.82, 2.24) is 15.1 Å². The van der Waals surface area contributed by atoms with Crippen molar-refractivity contribution in [3.8, 4) is 5.75 Å². The lowest BCUT2D eigenvalue weighted by Crippen LogP contribution is -2.42. The largest absolute Gasteiger partial charge is 0.497 e. The molecular weight excluding hydrogens is 282 g/mol. The average Bonchev–Trinajstić information content (AvgIpc) is 2.52. The molecule has 22 heavy (non-hydrogen) atoms. The van der Waals surface area contributed by atoms with Gasteiger partial charge in [-0.15, -0.1) is 0 Å². The van der Waals surface area contributed by atoms with E-state index in [0.29, 0.717) is 19.7 Å². The van der Waals surface area contributed by atoms with Gasteiger partial charge in [0.1, 0.15) is 5.75 Å². The Balaban J connectivity index is 2.66. The SMILES string of the molecule is COCCN(C)C(=O)NCC(c1cccc(OC)c1)N(C)C. The third-order valence-corrected chi connectivity index (χ3v) is 3.53. The van der Waals surface area contributed by atoms with Crippen molar-refractivity contribution >= 4 is 6.03 Å². The van der Waals surface area contributed by atoms with E-state index in [4.69, 9.17) is 9.47 Å². The van der Waals surface area contributed by atoms with Gasteiger partial charge < -0.3 is 24.6 Å². The molecule has 124 valence electrons. The van der Waals surface area contributed by atoms with Gasteiger partial charge in [-0.1, -0.05) is 12.1 Å². The van der Waals surface area contributed by atoms with Crippen LogP contribution in [0, 0.1) is 0 Å². The van der Waals surface area contributed by atoms with E-state index in [1.54, 1.807) is 26.2 Å². The van der Waals surface area contributed by atoms with E-state index in [-0.39, 0.29) is 12.1 Å². The summed E-state index contributed by atoms with van der Waals surface area (Å²) in [5, 5.41) is 2.96. The summed E-state index contributed by atoms with van der Waals surface area (Å²) >= 11 is 0. The molecule has 0 aromatic heterocycles. The molecule has 0 fully saturated rings. The Morgan fingerprint density at radius 2 is 2.00 bits per heavy atom. The predicted octanol–water partition coefficient (Wildman–Crippen LogP) is 1.59. The van der Waals surface area contributed by atoms with E-state index in [1.165, 1.54) is 0 Å². The molecule has 6 heteroatoms. The Labute approximate surface area is 133 Å². The van der Waals surface area contributed by atoms with Crippen LogP contribution in [0.3, 0.4) is 0 Å². The topological polar surface area (TPSA) is 54.0 Å². The first-order chi connectivity index (χ1) is 10.5. The van der Waals surface area contributed by atoms with E-state index < -0.39 is 0 Å². The summed E-state index contributed by atoms with van der Waals surface area (Å²) in [6.45, 7) is 1.61. The molecule has 6 nitrogen and oxygen atoms in total. The van der Waals surface area contributed by atoms with Crippen LogP contribution < -0.4 is 10.1 Å². The molecule has 0 aliphatic heterocycles. The maximum atomic E-state index is 12.0. The first-order valence-corrected chi connectivity index (χ1v) is 7.27. The summed E-state index contributed by atoms with van der Waals surface area (Å²) in [5.41, 5.74) is 1.10. The molecule has 1 rings (SSSR count). The lowest BCUT2D eigenvalue weighted by atomic mass is 10.1. The number of nitrogens with one attached hydrogen (secondary N) is 1. The van der Waals surface area contributed by atoms with Crippen LogP contribution in [0.4, 0.5) is 4.79 Å². The quantitative estimate of drug-likeness (QED) is 0.792. The highest BCUT2D eigenvalue weighted by atomic mass is 16.5. The van der Waals surface area contributed by atoms with Crippen LogP contribution in [-0.4, -0.2) is 70.9 Å². The van der Waals surface area contributed by atoms with E-state index >= 15 is 0 Å². The fourth-order valence-corrected chi connectivity index (χ4v) is 2.10. The van der Waals surface area contributed by atoms with Crippen LogP contribution in [0.15, 0.2) is 24.3 Å². The minimum Gasteiger partial charge on any atom is -0.497 e. The van der Waals surface area contributed by atoms with Crippen LogP contribution in [0.25, 0.3) is 0 Å². The lowest BCUT2D eigenvalue weighted by Gasteiger charge is -2.26. The highest BCUT2D eigenvalue weighted by Gasteiger charge is 2.17. The zero-order chi connectivity index (χ0) is 16.5. The lowest BCUT2D eigenvalue weighted by molar-refractivity contribution is 0.158. The molecule has 0 aliphatic carbocycles. The minimum atomic E-state index is -0.105. The van der Waals surface area contributed by atoms with Gasteiger partial charge in [0.2, 0.25) is 0 Å². The average molecular weight is 309 g/mol. The van der Waals surface area contributed by atoms with Crippen LogP contribution in [0.5, 0.6) is 5.75 Å². The number of nitrogens with zero attached hydrogens (tertiary/aromatic N) is 2. The monoisotopic (exact) mass is 309 g/mol. The molecular formula is C16H27N3O3. The van der Waals surface area contributed by atoms with Crippen molar-refractivity contribution in [2.75, 3.05) is 55.1 Å². The summed E-state index contributed by atoms with van der Waals surface area (Å²) in [5.74, 6) is 0.813. The maximum Gasteiger partial charge on any atom is 0.317 e. The zero-order valence-corrected chi connectivity index (χ0v) is 14.1. The number of ether oxygens (including phenoxy) is 2. The second-order valence-electron chi connectivity index (χ2n) is 5.36. The van der Waals surface area contributed by atoms with Gasteiger partial charge in [-0.25, -0.2) is 4.79 Å². The summed E-state index contributed by atoms with van der Waals surface area (Å²) in [6.07, 6.45) is 0. The Hall–Kier alpha value is -1.79. The van der Waals surface area contributed by atoms with Crippen molar-refractivity contribution in [2.45, 2.75) is 6.04 Å². The van der Waals surface area contributed by atoms with Gasteiger partial charge in [-0.05, 0) is 31.8 Å².